The Bertz CT molecular complexity index is 781. The highest BCUT2D eigenvalue weighted by atomic mass is 16.5. The summed E-state index contributed by atoms with van der Waals surface area (Å²) in [6, 6.07) is 10.4. The molecule has 0 aliphatic heterocycles. The Morgan fingerprint density at radius 1 is 1.18 bits per heavy atom. The van der Waals surface area contributed by atoms with Gasteiger partial charge >= 0.3 is 0 Å². The summed E-state index contributed by atoms with van der Waals surface area (Å²) in [4.78, 5) is 11.2. The Labute approximate surface area is 130 Å². The quantitative estimate of drug-likeness (QED) is 0.721. The molecule has 0 atom stereocenters. The zero-order valence-corrected chi connectivity index (χ0v) is 13.2. The number of benzene rings is 1. The Kier molecular flexibility index (Phi) is 4.04. The van der Waals surface area contributed by atoms with Gasteiger partial charge in [-0.05, 0) is 18.6 Å². The normalized spacial score (nSPS) is 11.0. The number of anilines is 1. The number of rotatable bonds is 5. The van der Waals surface area contributed by atoms with E-state index in [0.717, 1.165) is 35.1 Å². The molecule has 3 rings (SSSR count). The number of hydrogen-bond donors (Lipinski definition) is 0. The maximum Gasteiger partial charge on any atom is 0.223 e. The van der Waals surface area contributed by atoms with E-state index in [4.69, 9.17) is 9.51 Å². The maximum absolute atomic E-state index is 5.05. The number of hydrogen-bond acceptors (Lipinski definition) is 5. The van der Waals surface area contributed by atoms with Crippen molar-refractivity contribution >= 4 is 16.6 Å². The minimum absolute atomic E-state index is 0.592. The van der Waals surface area contributed by atoms with Crippen LogP contribution in [0, 0.1) is 6.92 Å². The van der Waals surface area contributed by atoms with Crippen molar-refractivity contribution in [3.05, 3.63) is 47.7 Å². The Hall–Kier alpha value is -2.43. The van der Waals surface area contributed by atoms with Gasteiger partial charge in [-0.1, -0.05) is 36.7 Å². The van der Waals surface area contributed by atoms with Crippen molar-refractivity contribution in [3.63, 3.8) is 0 Å². The summed E-state index contributed by atoms with van der Waals surface area (Å²) in [6.07, 6.45) is 2.06. The van der Waals surface area contributed by atoms with Gasteiger partial charge in [0.2, 0.25) is 5.89 Å². The monoisotopic (exact) mass is 296 g/mol. The predicted octanol–water partition coefficient (Wildman–Crippen LogP) is 3.52. The van der Waals surface area contributed by atoms with Crippen LogP contribution in [0.25, 0.3) is 10.9 Å². The van der Waals surface area contributed by atoms with Crippen LogP contribution < -0.4 is 4.90 Å². The highest BCUT2D eigenvalue weighted by Crippen LogP contribution is 2.27. The molecule has 1 aromatic carbocycles. The number of fused-ring (bicyclic) bond motifs is 1. The Balaban J connectivity index is 1.99. The molecule has 0 radical (unpaired) electrons. The average Bonchev–Trinajstić information content (AvgIpc) is 2.92. The topological polar surface area (TPSA) is 55.1 Å². The van der Waals surface area contributed by atoms with Crippen molar-refractivity contribution in [3.8, 4) is 0 Å². The van der Waals surface area contributed by atoms with E-state index in [2.05, 4.69) is 40.2 Å². The summed E-state index contributed by atoms with van der Waals surface area (Å²) in [6.45, 7) is 4.58. The van der Waals surface area contributed by atoms with Gasteiger partial charge in [0.15, 0.2) is 5.82 Å². The predicted molar refractivity (Wildman–Crippen MR) is 86.9 cm³/mol. The second kappa shape index (κ2) is 6.13. The number of aryl methyl sites for hydroxylation is 2. The summed E-state index contributed by atoms with van der Waals surface area (Å²) in [7, 11) is 2.04. The van der Waals surface area contributed by atoms with E-state index >= 15 is 0 Å². The molecule has 0 saturated heterocycles. The van der Waals surface area contributed by atoms with Crippen molar-refractivity contribution in [2.24, 2.45) is 0 Å². The van der Waals surface area contributed by atoms with Gasteiger partial charge in [0.25, 0.3) is 0 Å². The summed E-state index contributed by atoms with van der Waals surface area (Å²) < 4.78 is 5.05. The molecule has 2 aromatic heterocycles. The maximum atomic E-state index is 5.05. The fourth-order valence-electron chi connectivity index (χ4n) is 2.61. The van der Waals surface area contributed by atoms with E-state index in [0.29, 0.717) is 18.3 Å². The second-order valence-electron chi connectivity index (χ2n) is 5.49. The molecule has 0 fully saturated rings. The lowest BCUT2D eigenvalue weighted by molar-refractivity contribution is 0.387. The molecule has 22 heavy (non-hydrogen) atoms. The van der Waals surface area contributed by atoms with Gasteiger partial charge in [0.05, 0.1) is 12.1 Å². The van der Waals surface area contributed by atoms with Crippen LogP contribution in [0.5, 0.6) is 0 Å². The van der Waals surface area contributed by atoms with Crippen LogP contribution in [0.1, 0.15) is 30.8 Å². The minimum Gasteiger partial charge on any atom is -0.366 e. The lowest BCUT2D eigenvalue weighted by Gasteiger charge is -2.20. The zero-order valence-electron chi connectivity index (χ0n) is 13.2. The Morgan fingerprint density at radius 2 is 2.00 bits per heavy atom. The van der Waals surface area contributed by atoms with Gasteiger partial charge in [-0.2, -0.15) is 4.98 Å². The van der Waals surface area contributed by atoms with Gasteiger partial charge < -0.3 is 9.42 Å². The van der Waals surface area contributed by atoms with Crippen molar-refractivity contribution in [2.45, 2.75) is 33.2 Å². The van der Waals surface area contributed by atoms with Crippen LogP contribution in [0.4, 0.5) is 5.69 Å². The lowest BCUT2D eigenvalue weighted by Crippen LogP contribution is -2.18. The number of pyridine rings is 1. The Morgan fingerprint density at radius 3 is 2.73 bits per heavy atom. The first-order valence-electron chi connectivity index (χ1n) is 7.56. The van der Waals surface area contributed by atoms with E-state index in [1.54, 1.807) is 6.92 Å². The average molecular weight is 296 g/mol. The van der Waals surface area contributed by atoms with Gasteiger partial charge in [-0.25, -0.2) is 0 Å². The van der Waals surface area contributed by atoms with Gasteiger partial charge in [-0.15, -0.1) is 0 Å². The second-order valence-corrected chi connectivity index (χ2v) is 5.49. The summed E-state index contributed by atoms with van der Waals surface area (Å²) >= 11 is 0. The van der Waals surface area contributed by atoms with Gasteiger partial charge in [-0.3, -0.25) is 4.98 Å². The molecule has 0 amide bonds. The molecule has 0 N–H and O–H groups in total. The third kappa shape index (κ3) is 2.93. The van der Waals surface area contributed by atoms with Crippen LogP contribution >= 0.6 is 0 Å². The van der Waals surface area contributed by atoms with Crippen molar-refractivity contribution < 1.29 is 4.52 Å². The van der Waals surface area contributed by atoms with E-state index < -0.39 is 0 Å². The molecule has 5 nitrogen and oxygen atoms in total. The third-order valence-corrected chi connectivity index (χ3v) is 3.61. The molecule has 0 aliphatic carbocycles. The van der Waals surface area contributed by atoms with E-state index in [-0.39, 0.29) is 0 Å². The molecule has 0 saturated carbocycles. The standard InChI is InChI=1S/C17H20N4O/c1-4-7-13-10-16(14-8-5-6-9-15(14)19-13)21(3)11-17-18-12(2)22-20-17/h5-6,8-10H,4,7,11H2,1-3H3. The minimum atomic E-state index is 0.592. The van der Waals surface area contributed by atoms with Gasteiger partial charge in [0, 0.05) is 30.7 Å². The smallest absolute Gasteiger partial charge is 0.223 e. The third-order valence-electron chi connectivity index (χ3n) is 3.61. The van der Waals surface area contributed by atoms with Crippen LogP contribution in [0.15, 0.2) is 34.9 Å². The molecule has 3 aromatic rings. The highest BCUT2D eigenvalue weighted by molar-refractivity contribution is 5.91. The van der Waals surface area contributed by atoms with Gasteiger partial charge in [0.1, 0.15) is 0 Å². The zero-order chi connectivity index (χ0) is 15.5. The molecule has 0 unspecified atom stereocenters. The molecule has 114 valence electrons. The van der Waals surface area contributed by atoms with Crippen molar-refractivity contribution in [2.75, 3.05) is 11.9 Å². The summed E-state index contributed by atoms with van der Waals surface area (Å²) in [5.41, 5.74) is 3.29. The first-order valence-corrected chi connectivity index (χ1v) is 7.56. The van der Waals surface area contributed by atoms with Crippen LogP contribution in [-0.2, 0) is 13.0 Å². The number of nitrogens with zero attached hydrogens (tertiary/aromatic N) is 4. The first kappa shape index (κ1) is 14.5. The SMILES string of the molecule is CCCc1cc(N(C)Cc2noc(C)n2)c2ccccc2n1. The molecular weight excluding hydrogens is 276 g/mol. The van der Waals surface area contributed by atoms with E-state index in [9.17, 15) is 0 Å². The van der Waals surface area contributed by atoms with Crippen LogP contribution in [0.3, 0.4) is 0 Å². The molecule has 2 heterocycles. The lowest BCUT2D eigenvalue weighted by atomic mass is 10.1. The molecule has 0 aliphatic rings. The number of aromatic nitrogens is 3. The summed E-state index contributed by atoms with van der Waals surface area (Å²) in [5, 5.41) is 5.12. The fraction of sp³-hybridized carbons (Fsp3) is 0.353. The fourth-order valence-corrected chi connectivity index (χ4v) is 2.61. The molecule has 0 spiro atoms. The van der Waals surface area contributed by atoms with E-state index in [1.165, 1.54) is 0 Å². The molecular formula is C17H20N4O. The molecule has 5 heteroatoms. The van der Waals surface area contributed by atoms with Crippen molar-refractivity contribution in [1.29, 1.82) is 0 Å². The van der Waals surface area contributed by atoms with Crippen LogP contribution in [0.2, 0.25) is 0 Å². The van der Waals surface area contributed by atoms with Crippen molar-refractivity contribution in [1.82, 2.24) is 15.1 Å². The summed E-state index contributed by atoms with van der Waals surface area (Å²) in [5.74, 6) is 1.28. The van der Waals surface area contributed by atoms with E-state index in [1.807, 2.05) is 19.2 Å². The largest absolute Gasteiger partial charge is 0.366 e. The highest BCUT2D eigenvalue weighted by Gasteiger charge is 2.12. The first-order chi connectivity index (χ1) is 10.7. The van der Waals surface area contributed by atoms with Crippen LogP contribution in [-0.4, -0.2) is 22.2 Å². The number of para-hydroxylation sites is 1. The molecule has 0 bridgehead atoms.